The maximum absolute atomic E-state index is 5.89. The maximum atomic E-state index is 5.89. The normalized spacial score (nSPS) is 18.7. The molecule has 18 heavy (non-hydrogen) atoms. The monoisotopic (exact) mass is 242 g/mol. The molecule has 1 heterocycles. The van der Waals surface area contributed by atoms with E-state index in [4.69, 9.17) is 4.42 Å². The second-order valence-corrected chi connectivity index (χ2v) is 5.40. The van der Waals surface area contributed by atoms with Crippen LogP contribution in [0.1, 0.15) is 44.9 Å². The fourth-order valence-corrected chi connectivity index (χ4v) is 2.71. The molecule has 1 aromatic heterocycles. The van der Waals surface area contributed by atoms with Gasteiger partial charge in [0.15, 0.2) is 0 Å². The summed E-state index contributed by atoms with van der Waals surface area (Å²) in [6.45, 7) is 2.24. The van der Waals surface area contributed by atoms with Crippen molar-refractivity contribution in [3.05, 3.63) is 36.2 Å². The molecule has 94 valence electrons. The van der Waals surface area contributed by atoms with E-state index in [-0.39, 0.29) is 5.41 Å². The lowest BCUT2D eigenvalue weighted by Gasteiger charge is -2.29. The summed E-state index contributed by atoms with van der Waals surface area (Å²) in [5, 5.41) is 8.46. The Hall–Kier alpha value is -1.64. The third-order valence-electron chi connectivity index (χ3n) is 3.92. The molecule has 0 bridgehead atoms. The number of hydrogen-bond acceptors (Lipinski definition) is 3. The molecule has 1 aliphatic carbocycles. The van der Waals surface area contributed by atoms with Crippen molar-refractivity contribution >= 4 is 0 Å². The van der Waals surface area contributed by atoms with E-state index in [0.29, 0.717) is 5.89 Å². The van der Waals surface area contributed by atoms with Crippen molar-refractivity contribution in [1.29, 1.82) is 0 Å². The molecule has 0 radical (unpaired) electrons. The highest BCUT2D eigenvalue weighted by atomic mass is 16.4. The molecule has 0 saturated heterocycles. The van der Waals surface area contributed by atoms with Gasteiger partial charge in [0.2, 0.25) is 11.8 Å². The molecule has 1 fully saturated rings. The Morgan fingerprint density at radius 1 is 1.00 bits per heavy atom. The van der Waals surface area contributed by atoms with Crippen molar-refractivity contribution in [3.8, 4) is 11.5 Å². The van der Waals surface area contributed by atoms with Crippen LogP contribution in [0, 0.1) is 0 Å². The van der Waals surface area contributed by atoms with Crippen LogP contribution in [0.15, 0.2) is 34.7 Å². The zero-order valence-corrected chi connectivity index (χ0v) is 10.7. The topological polar surface area (TPSA) is 38.9 Å². The van der Waals surface area contributed by atoms with Gasteiger partial charge < -0.3 is 4.42 Å². The molecule has 3 heteroatoms. The number of nitrogens with zero attached hydrogens (tertiary/aromatic N) is 2. The molecule has 0 unspecified atom stereocenters. The third-order valence-corrected chi connectivity index (χ3v) is 3.92. The first-order valence-corrected chi connectivity index (χ1v) is 6.67. The molecule has 2 aromatic rings. The van der Waals surface area contributed by atoms with E-state index in [2.05, 4.69) is 17.1 Å². The SMILES string of the molecule is CC1(c2nnc(-c3ccccc3)o2)CCCCC1. The van der Waals surface area contributed by atoms with Crippen molar-refractivity contribution in [2.45, 2.75) is 44.4 Å². The van der Waals surface area contributed by atoms with E-state index < -0.39 is 0 Å². The van der Waals surface area contributed by atoms with Crippen molar-refractivity contribution < 1.29 is 4.42 Å². The molecule has 3 rings (SSSR count). The first-order chi connectivity index (χ1) is 8.78. The van der Waals surface area contributed by atoms with Gasteiger partial charge >= 0.3 is 0 Å². The Bertz CT molecular complexity index is 512. The quantitative estimate of drug-likeness (QED) is 0.800. The van der Waals surface area contributed by atoms with E-state index in [9.17, 15) is 0 Å². The van der Waals surface area contributed by atoms with Crippen molar-refractivity contribution in [2.24, 2.45) is 0 Å². The largest absolute Gasteiger partial charge is 0.420 e. The summed E-state index contributed by atoms with van der Waals surface area (Å²) in [5.41, 5.74) is 1.08. The zero-order valence-electron chi connectivity index (χ0n) is 10.7. The number of benzene rings is 1. The Kier molecular flexibility index (Phi) is 2.90. The minimum Gasteiger partial charge on any atom is -0.420 e. The lowest BCUT2D eigenvalue weighted by Crippen LogP contribution is -2.25. The van der Waals surface area contributed by atoms with Crippen LogP contribution >= 0.6 is 0 Å². The van der Waals surface area contributed by atoms with Crippen LogP contribution in [0.4, 0.5) is 0 Å². The highest BCUT2D eigenvalue weighted by molar-refractivity contribution is 5.51. The average Bonchev–Trinajstić information content (AvgIpc) is 2.91. The lowest BCUT2D eigenvalue weighted by atomic mass is 9.76. The van der Waals surface area contributed by atoms with Crippen LogP contribution in [-0.2, 0) is 5.41 Å². The smallest absolute Gasteiger partial charge is 0.247 e. The molecule has 1 saturated carbocycles. The predicted octanol–water partition coefficient (Wildman–Crippen LogP) is 3.96. The van der Waals surface area contributed by atoms with Gasteiger partial charge in [-0.05, 0) is 25.0 Å². The third kappa shape index (κ3) is 2.05. The minimum atomic E-state index is 0.0816. The second-order valence-electron chi connectivity index (χ2n) is 5.40. The van der Waals surface area contributed by atoms with Gasteiger partial charge in [0.1, 0.15) is 0 Å². The van der Waals surface area contributed by atoms with Crippen LogP contribution in [0.5, 0.6) is 0 Å². The number of aromatic nitrogens is 2. The van der Waals surface area contributed by atoms with E-state index in [1.165, 1.54) is 19.3 Å². The summed E-state index contributed by atoms with van der Waals surface area (Å²) in [4.78, 5) is 0. The van der Waals surface area contributed by atoms with Crippen LogP contribution in [0.25, 0.3) is 11.5 Å². The summed E-state index contributed by atoms with van der Waals surface area (Å²) >= 11 is 0. The highest BCUT2D eigenvalue weighted by Crippen LogP contribution is 2.38. The maximum Gasteiger partial charge on any atom is 0.247 e. The van der Waals surface area contributed by atoms with Crippen LogP contribution in [0.3, 0.4) is 0 Å². The summed E-state index contributed by atoms with van der Waals surface area (Å²) in [5.74, 6) is 1.44. The van der Waals surface area contributed by atoms with Gasteiger partial charge in [0.05, 0.1) is 0 Å². The van der Waals surface area contributed by atoms with Crippen LogP contribution in [0.2, 0.25) is 0 Å². The lowest BCUT2D eigenvalue weighted by molar-refractivity contribution is 0.259. The molecule has 0 spiro atoms. The fraction of sp³-hybridized carbons (Fsp3) is 0.467. The molecule has 0 N–H and O–H groups in total. The molecular weight excluding hydrogens is 224 g/mol. The zero-order chi connectivity index (χ0) is 12.4. The van der Waals surface area contributed by atoms with Crippen molar-refractivity contribution in [1.82, 2.24) is 10.2 Å². The van der Waals surface area contributed by atoms with Crippen LogP contribution < -0.4 is 0 Å². The molecule has 0 atom stereocenters. The van der Waals surface area contributed by atoms with Crippen molar-refractivity contribution in [3.63, 3.8) is 0 Å². The van der Waals surface area contributed by atoms with Crippen molar-refractivity contribution in [2.75, 3.05) is 0 Å². The number of hydrogen-bond donors (Lipinski definition) is 0. The van der Waals surface area contributed by atoms with E-state index in [1.54, 1.807) is 0 Å². The highest BCUT2D eigenvalue weighted by Gasteiger charge is 2.34. The Labute approximate surface area is 107 Å². The van der Waals surface area contributed by atoms with Gasteiger partial charge in [-0.3, -0.25) is 0 Å². The van der Waals surface area contributed by atoms with Gasteiger partial charge in [-0.15, -0.1) is 10.2 Å². The first-order valence-electron chi connectivity index (χ1n) is 6.67. The van der Waals surface area contributed by atoms with Gasteiger partial charge in [0.25, 0.3) is 0 Å². The summed E-state index contributed by atoms with van der Waals surface area (Å²) in [6.07, 6.45) is 6.17. The first kappa shape index (κ1) is 11.5. The summed E-state index contributed by atoms with van der Waals surface area (Å²) in [6, 6.07) is 9.97. The van der Waals surface area contributed by atoms with E-state index in [0.717, 1.165) is 24.3 Å². The van der Waals surface area contributed by atoms with E-state index in [1.807, 2.05) is 30.3 Å². The van der Waals surface area contributed by atoms with Gasteiger partial charge in [-0.2, -0.15) is 0 Å². The molecule has 1 aromatic carbocycles. The average molecular weight is 242 g/mol. The van der Waals surface area contributed by atoms with Crippen LogP contribution in [-0.4, -0.2) is 10.2 Å². The Morgan fingerprint density at radius 2 is 1.72 bits per heavy atom. The summed E-state index contributed by atoms with van der Waals surface area (Å²) < 4.78 is 5.89. The molecular formula is C15H18N2O. The molecule has 0 aliphatic heterocycles. The van der Waals surface area contributed by atoms with Gasteiger partial charge in [0, 0.05) is 11.0 Å². The molecule has 0 amide bonds. The Balaban J connectivity index is 1.89. The van der Waals surface area contributed by atoms with E-state index >= 15 is 0 Å². The standard InChI is InChI=1S/C15H18N2O/c1-15(10-6-3-7-11-15)14-17-16-13(18-14)12-8-4-2-5-9-12/h2,4-5,8-9H,3,6-7,10-11H2,1H3. The molecule has 1 aliphatic rings. The Morgan fingerprint density at radius 3 is 2.44 bits per heavy atom. The second kappa shape index (κ2) is 4.56. The van der Waals surface area contributed by atoms with Gasteiger partial charge in [-0.25, -0.2) is 0 Å². The number of rotatable bonds is 2. The summed E-state index contributed by atoms with van der Waals surface area (Å²) in [7, 11) is 0. The fourth-order valence-electron chi connectivity index (χ4n) is 2.71. The van der Waals surface area contributed by atoms with Gasteiger partial charge in [-0.1, -0.05) is 44.4 Å². The predicted molar refractivity (Wildman–Crippen MR) is 70.2 cm³/mol. The molecule has 3 nitrogen and oxygen atoms in total. The minimum absolute atomic E-state index is 0.0816.